The Labute approximate surface area is 98.5 Å². The van der Waals surface area contributed by atoms with E-state index in [9.17, 15) is 9.59 Å². The molecule has 16 heavy (non-hydrogen) atoms. The number of carboxylic acid groups (broad SMARTS) is 2. The minimum atomic E-state index is -1.49. The van der Waals surface area contributed by atoms with Gasteiger partial charge in [0.15, 0.2) is 0 Å². The topological polar surface area (TPSA) is 74.6 Å². The zero-order valence-corrected chi connectivity index (χ0v) is 10.0. The lowest BCUT2D eigenvalue weighted by Crippen LogP contribution is -2.17. The standard InChI is InChI=1S/C10H6O4Si2/c11-9(12)7(10(13)14)8(16)5-3-1-2-4-6(5)15/h1-4H,(H,11,12)(H,13,14). The van der Waals surface area contributed by atoms with Crippen molar-refractivity contribution in [2.75, 3.05) is 0 Å². The molecule has 78 valence electrons. The minimum absolute atomic E-state index is 0.0191. The maximum Gasteiger partial charge on any atom is 0.342 e. The van der Waals surface area contributed by atoms with E-state index < -0.39 is 17.5 Å². The Bertz CT molecular complexity index is 463. The smallest absolute Gasteiger partial charge is 0.342 e. The van der Waals surface area contributed by atoms with Crippen LogP contribution in [0.15, 0.2) is 29.8 Å². The van der Waals surface area contributed by atoms with Gasteiger partial charge in [-0.25, -0.2) is 9.59 Å². The molecule has 0 aromatic heterocycles. The maximum atomic E-state index is 10.8. The summed E-state index contributed by atoms with van der Waals surface area (Å²) in [6.07, 6.45) is 0. The van der Waals surface area contributed by atoms with E-state index in [-0.39, 0.29) is 5.20 Å². The summed E-state index contributed by atoms with van der Waals surface area (Å²) < 4.78 is 0. The fourth-order valence-electron chi connectivity index (χ4n) is 1.14. The average Bonchev–Trinajstić information content (AvgIpc) is 2.16. The van der Waals surface area contributed by atoms with E-state index in [2.05, 4.69) is 20.5 Å². The van der Waals surface area contributed by atoms with Crippen LogP contribution in [0, 0.1) is 0 Å². The first-order valence-corrected chi connectivity index (χ1v) is 5.18. The van der Waals surface area contributed by atoms with Crippen LogP contribution in [0.2, 0.25) is 0 Å². The van der Waals surface area contributed by atoms with Crippen LogP contribution in [0.25, 0.3) is 5.20 Å². The number of carbonyl (C=O) groups is 2. The van der Waals surface area contributed by atoms with Gasteiger partial charge in [-0.15, -0.1) is 0 Å². The Morgan fingerprint density at radius 2 is 1.56 bits per heavy atom. The molecule has 6 heteroatoms. The first-order chi connectivity index (χ1) is 7.45. The predicted molar refractivity (Wildman–Crippen MR) is 59.8 cm³/mol. The molecule has 0 atom stereocenters. The first kappa shape index (κ1) is 12.4. The monoisotopic (exact) mass is 246 g/mol. The molecule has 1 aromatic rings. The van der Waals surface area contributed by atoms with Crippen molar-refractivity contribution in [3.63, 3.8) is 0 Å². The largest absolute Gasteiger partial charge is 0.477 e. The SMILES string of the molecule is O=C(O)C(C(=O)O)=C([Si])c1ccccc1[Si]. The van der Waals surface area contributed by atoms with E-state index in [0.29, 0.717) is 10.8 Å². The van der Waals surface area contributed by atoms with Crippen molar-refractivity contribution in [3.8, 4) is 0 Å². The zero-order chi connectivity index (χ0) is 12.3. The van der Waals surface area contributed by atoms with Crippen LogP contribution in [0.3, 0.4) is 0 Å². The van der Waals surface area contributed by atoms with Crippen molar-refractivity contribution in [2.24, 2.45) is 0 Å². The Morgan fingerprint density at radius 1 is 1.06 bits per heavy atom. The van der Waals surface area contributed by atoms with Gasteiger partial charge < -0.3 is 10.2 Å². The van der Waals surface area contributed by atoms with Crippen LogP contribution in [-0.4, -0.2) is 42.6 Å². The van der Waals surface area contributed by atoms with Crippen LogP contribution in [0.1, 0.15) is 5.56 Å². The summed E-state index contributed by atoms with van der Waals surface area (Å²) in [5.74, 6) is -2.99. The molecule has 0 amide bonds. The molecule has 1 aromatic carbocycles. The van der Waals surface area contributed by atoms with Gasteiger partial charge in [-0.3, -0.25) is 0 Å². The highest BCUT2D eigenvalue weighted by atomic mass is 28.1. The summed E-state index contributed by atoms with van der Waals surface area (Å²) in [6.45, 7) is 0. The van der Waals surface area contributed by atoms with Gasteiger partial charge in [-0.05, 0) is 10.8 Å². The van der Waals surface area contributed by atoms with Gasteiger partial charge in [-0.2, -0.15) is 0 Å². The third-order valence-electron chi connectivity index (χ3n) is 1.87. The van der Waals surface area contributed by atoms with E-state index in [1.165, 1.54) is 0 Å². The highest BCUT2D eigenvalue weighted by molar-refractivity contribution is 6.51. The maximum absolute atomic E-state index is 10.8. The fraction of sp³-hybridized carbons (Fsp3) is 0. The van der Waals surface area contributed by atoms with Crippen LogP contribution in [0.4, 0.5) is 0 Å². The van der Waals surface area contributed by atoms with Crippen molar-refractivity contribution in [2.45, 2.75) is 0 Å². The average molecular weight is 246 g/mol. The Kier molecular flexibility index (Phi) is 3.80. The molecule has 2 N–H and O–H groups in total. The zero-order valence-electron chi connectivity index (χ0n) is 8.02. The van der Waals surface area contributed by atoms with Crippen molar-refractivity contribution in [3.05, 3.63) is 35.4 Å². The van der Waals surface area contributed by atoms with Crippen molar-refractivity contribution < 1.29 is 19.8 Å². The lowest BCUT2D eigenvalue weighted by atomic mass is 10.1. The van der Waals surface area contributed by atoms with Crippen molar-refractivity contribution in [1.82, 2.24) is 0 Å². The molecule has 0 aliphatic carbocycles. The quantitative estimate of drug-likeness (QED) is 0.327. The molecule has 1 rings (SSSR count). The lowest BCUT2D eigenvalue weighted by molar-refractivity contribution is -0.140. The number of carboxylic acids is 2. The molecule has 0 bridgehead atoms. The second kappa shape index (κ2) is 4.91. The van der Waals surface area contributed by atoms with Gasteiger partial charge in [0.1, 0.15) is 5.57 Å². The molecule has 4 nitrogen and oxygen atoms in total. The van der Waals surface area contributed by atoms with Crippen molar-refractivity contribution >= 4 is 42.8 Å². The highest BCUT2D eigenvalue weighted by Crippen LogP contribution is 2.13. The van der Waals surface area contributed by atoms with E-state index in [1.54, 1.807) is 24.3 Å². The molecule has 6 radical (unpaired) electrons. The summed E-state index contributed by atoms with van der Waals surface area (Å²) in [7, 11) is 6.31. The van der Waals surface area contributed by atoms with Crippen LogP contribution >= 0.6 is 0 Å². The minimum Gasteiger partial charge on any atom is -0.477 e. The number of benzene rings is 1. The van der Waals surface area contributed by atoms with Gasteiger partial charge in [0, 0.05) is 0 Å². The highest BCUT2D eigenvalue weighted by Gasteiger charge is 2.20. The van der Waals surface area contributed by atoms with E-state index in [0.717, 1.165) is 0 Å². The number of aliphatic carboxylic acids is 2. The summed E-state index contributed by atoms with van der Waals surface area (Å²) in [5.41, 5.74) is -0.238. The van der Waals surface area contributed by atoms with Gasteiger partial charge in [0.05, 0.1) is 20.5 Å². The van der Waals surface area contributed by atoms with Crippen LogP contribution in [0.5, 0.6) is 0 Å². The Hall–Kier alpha value is -1.67. The summed E-state index contributed by atoms with van der Waals surface area (Å²) in [5, 5.41) is 18.2. The molecule has 0 spiro atoms. The molecule has 0 aliphatic rings. The third-order valence-corrected chi connectivity index (χ3v) is 2.83. The van der Waals surface area contributed by atoms with E-state index >= 15 is 0 Å². The second-order valence-electron chi connectivity index (χ2n) is 2.91. The molecular weight excluding hydrogens is 240 g/mol. The second-order valence-corrected chi connectivity index (χ2v) is 3.94. The van der Waals surface area contributed by atoms with Gasteiger partial charge >= 0.3 is 11.9 Å². The summed E-state index contributed by atoms with van der Waals surface area (Å²) in [6, 6.07) is 6.72. The van der Waals surface area contributed by atoms with Crippen LogP contribution < -0.4 is 5.19 Å². The van der Waals surface area contributed by atoms with Gasteiger partial charge in [0.2, 0.25) is 0 Å². The molecule has 0 heterocycles. The Balaban J connectivity index is 3.42. The third kappa shape index (κ3) is 2.47. The molecule has 0 unspecified atom stereocenters. The van der Waals surface area contributed by atoms with E-state index in [4.69, 9.17) is 10.2 Å². The summed E-state index contributed by atoms with van der Waals surface area (Å²) in [4.78, 5) is 21.6. The lowest BCUT2D eigenvalue weighted by Gasteiger charge is -2.07. The Morgan fingerprint density at radius 3 is 2.00 bits per heavy atom. The van der Waals surface area contributed by atoms with Gasteiger partial charge in [0.25, 0.3) is 0 Å². The molecular formula is C10H6O4Si2. The number of rotatable bonds is 3. The van der Waals surface area contributed by atoms with Gasteiger partial charge in [-0.1, -0.05) is 29.5 Å². The molecule has 0 saturated heterocycles. The summed E-state index contributed by atoms with van der Waals surface area (Å²) >= 11 is 0. The molecule has 0 fully saturated rings. The fourth-order valence-corrected chi connectivity index (χ4v) is 2.00. The van der Waals surface area contributed by atoms with Crippen molar-refractivity contribution in [1.29, 1.82) is 0 Å². The predicted octanol–water partition coefficient (Wildman–Crippen LogP) is -0.471. The number of hydrogen-bond acceptors (Lipinski definition) is 2. The number of hydrogen-bond donors (Lipinski definition) is 2. The van der Waals surface area contributed by atoms with Crippen LogP contribution in [-0.2, 0) is 9.59 Å². The molecule has 0 aliphatic heterocycles. The first-order valence-electron chi connectivity index (χ1n) is 4.18. The normalized spacial score (nSPS) is 9.62. The molecule has 0 saturated carbocycles. The van der Waals surface area contributed by atoms with E-state index in [1.807, 2.05) is 0 Å².